The number of ether oxygens (including phenoxy) is 1. The number of hydrogen-bond donors (Lipinski definition) is 3. The average molecular weight is 240 g/mol. The molecule has 96 valence electrons. The zero-order chi connectivity index (χ0) is 13.1. The highest BCUT2D eigenvalue weighted by molar-refractivity contribution is 5.42. The Bertz CT molecular complexity index is 376. The van der Waals surface area contributed by atoms with Crippen LogP contribution in [-0.4, -0.2) is 34.1 Å². The van der Waals surface area contributed by atoms with Crippen molar-refractivity contribution < 1.29 is 20.1 Å². The molecule has 2 unspecified atom stereocenters. The van der Waals surface area contributed by atoms with E-state index in [0.717, 1.165) is 5.56 Å². The number of rotatable bonds is 5. The van der Waals surface area contributed by atoms with Crippen LogP contribution in [0.25, 0.3) is 0 Å². The molecule has 4 heteroatoms. The summed E-state index contributed by atoms with van der Waals surface area (Å²) in [5.41, 5.74) is -0.341. The summed E-state index contributed by atoms with van der Waals surface area (Å²) >= 11 is 0. The number of phenols is 1. The van der Waals surface area contributed by atoms with Crippen LogP contribution in [0.2, 0.25) is 0 Å². The molecular weight excluding hydrogens is 220 g/mol. The normalized spacial score (nSPS) is 16.3. The fourth-order valence-electron chi connectivity index (χ4n) is 1.75. The van der Waals surface area contributed by atoms with E-state index in [-0.39, 0.29) is 5.75 Å². The maximum absolute atomic E-state index is 10.2. The van der Waals surface area contributed by atoms with E-state index in [1.54, 1.807) is 19.1 Å². The quantitative estimate of drug-likeness (QED) is 0.729. The molecule has 0 aliphatic heterocycles. The van der Waals surface area contributed by atoms with Gasteiger partial charge in [-0.1, -0.05) is 13.0 Å². The largest absolute Gasteiger partial charge is 0.504 e. The Balaban J connectivity index is 2.94. The Kier molecular flexibility index (Phi) is 4.37. The molecule has 0 spiro atoms. The monoisotopic (exact) mass is 240 g/mol. The first kappa shape index (κ1) is 13.8. The van der Waals surface area contributed by atoms with Gasteiger partial charge in [0.15, 0.2) is 11.5 Å². The van der Waals surface area contributed by atoms with Crippen molar-refractivity contribution in [2.45, 2.75) is 38.4 Å². The first-order valence-electron chi connectivity index (χ1n) is 5.69. The molecule has 3 N–H and O–H groups in total. The Morgan fingerprint density at radius 1 is 1.41 bits per heavy atom. The second kappa shape index (κ2) is 5.38. The first-order valence-corrected chi connectivity index (χ1v) is 5.69. The van der Waals surface area contributed by atoms with E-state index in [2.05, 4.69) is 0 Å². The van der Waals surface area contributed by atoms with Crippen LogP contribution in [-0.2, 0) is 6.42 Å². The van der Waals surface area contributed by atoms with Crippen molar-refractivity contribution in [2.75, 3.05) is 7.11 Å². The highest BCUT2D eigenvalue weighted by Gasteiger charge is 2.31. The number of phenolic OH excluding ortho intramolecular Hbond substituents is 1. The fraction of sp³-hybridized carbons (Fsp3) is 0.538. The smallest absolute Gasteiger partial charge is 0.160 e. The number of hydrogen-bond acceptors (Lipinski definition) is 4. The molecule has 0 amide bonds. The number of aromatic hydroxyl groups is 1. The van der Waals surface area contributed by atoms with Crippen molar-refractivity contribution in [3.05, 3.63) is 23.8 Å². The Morgan fingerprint density at radius 2 is 2.06 bits per heavy atom. The van der Waals surface area contributed by atoms with Crippen molar-refractivity contribution in [3.63, 3.8) is 0 Å². The lowest BCUT2D eigenvalue weighted by atomic mass is 9.87. The highest BCUT2D eigenvalue weighted by atomic mass is 16.5. The third kappa shape index (κ3) is 3.11. The van der Waals surface area contributed by atoms with Gasteiger partial charge in [-0.25, -0.2) is 0 Å². The molecular formula is C13H20O4. The van der Waals surface area contributed by atoms with E-state index in [1.165, 1.54) is 13.2 Å². The molecule has 0 saturated heterocycles. The Labute approximate surface area is 101 Å². The van der Waals surface area contributed by atoms with Crippen molar-refractivity contribution in [1.82, 2.24) is 0 Å². The number of aliphatic hydroxyl groups is 2. The molecule has 0 radical (unpaired) electrons. The van der Waals surface area contributed by atoms with Crippen molar-refractivity contribution in [2.24, 2.45) is 0 Å². The minimum Gasteiger partial charge on any atom is -0.504 e. The summed E-state index contributed by atoms with van der Waals surface area (Å²) in [6.07, 6.45) is -0.0432. The molecule has 17 heavy (non-hydrogen) atoms. The third-order valence-electron chi connectivity index (χ3n) is 3.14. The van der Waals surface area contributed by atoms with E-state index in [0.29, 0.717) is 18.6 Å². The van der Waals surface area contributed by atoms with Gasteiger partial charge in [0, 0.05) is 6.42 Å². The van der Waals surface area contributed by atoms with Gasteiger partial charge in [0.05, 0.1) is 18.8 Å². The van der Waals surface area contributed by atoms with E-state index < -0.39 is 11.7 Å². The lowest BCUT2D eigenvalue weighted by Crippen LogP contribution is -2.42. The second-order valence-electron chi connectivity index (χ2n) is 4.32. The summed E-state index contributed by atoms with van der Waals surface area (Å²) in [6, 6.07) is 4.89. The molecule has 1 aromatic rings. The summed E-state index contributed by atoms with van der Waals surface area (Å²) in [5, 5.41) is 29.3. The van der Waals surface area contributed by atoms with Gasteiger partial charge in [0.25, 0.3) is 0 Å². The van der Waals surface area contributed by atoms with Gasteiger partial charge in [-0.05, 0) is 31.0 Å². The summed E-state index contributed by atoms with van der Waals surface area (Å²) in [4.78, 5) is 0. The number of benzene rings is 1. The highest BCUT2D eigenvalue weighted by Crippen LogP contribution is 2.29. The van der Waals surface area contributed by atoms with Crippen molar-refractivity contribution in [1.29, 1.82) is 0 Å². The molecule has 0 aromatic heterocycles. The van der Waals surface area contributed by atoms with Crippen LogP contribution in [0, 0.1) is 0 Å². The van der Waals surface area contributed by atoms with Crippen LogP contribution < -0.4 is 4.74 Å². The zero-order valence-electron chi connectivity index (χ0n) is 10.5. The minimum atomic E-state index is -1.15. The van der Waals surface area contributed by atoms with Crippen LogP contribution in [0.3, 0.4) is 0 Å². The summed E-state index contributed by atoms with van der Waals surface area (Å²) in [7, 11) is 1.47. The predicted molar refractivity (Wildman–Crippen MR) is 65.3 cm³/mol. The number of aliphatic hydroxyl groups excluding tert-OH is 1. The molecule has 0 aliphatic rings. The van der Waals surface area contributed by atoms with E-state index in [9.17, 15) is 15.3 Å². The summed E-state index contributed by atoms with van der Waals surface area (Å²) in [5.74, 6) is 0.430. The maximum Gasteiger partial charge on any atom is 0.160 e. The van der Waals surface area contributed by atoms with Crippen molar-refractivity contribution >= 4 is 0 Å². The lowest BCUT2D eigenvalue weighted by molar-refractivity contribution is -0.0679. The van der Waals surface area contributed by atoms with Gasteiger partial charge >= 0.3 is 0 Å². The molecule has 0 fully saturated rings. The summed E-state index contributed by atoms with van der Waals surface area (Å²) < 4.78 is 5.00. The molecule has 1 rings (SSSR count). The van der Waals surface area contributed by atoms with Crippen LogP contribution in [0.5, 0.6) is 11.5 Å². The van der Waals surface area contributed by atoms with Gasteiger partial charge in [-0.3, -0.25) is 0 Å². The van der Waals surface area contributed by atoms with Gasteiger partial charge in [0.2, 0.25) is 0 Å². The topological polar surface area (TPSA) is 69.9 Å². The Morgan fingerprint density at radius 3 is 2.53 bits per heavy atom. The minimum absolute atomic E-state index is 0.0633. The SMILES string of the molecule is CCC(O)(Cc1ccc(O)c(OC)c1)C(C)O. The molecule has 2 atom stereocenters. The van der Waals surface area contributed by atoms with Crippen LogP contribution >= 0.6 is 0 Å². The van der Waals surface area contributed by atoms with Gasteiger partial charge in [-0.2, -0.15) is 0 Å². The van der Waals surface area contributed by atoms with Gasteiger partial charge in [-0.15, -0.1) is 0 Å². The van der Waals surface area contributed by atoms with Gasteiger partial charge in [0.1, 0.15) is 0 Å². The second-order valence-corrected chi connectivity index (χ2v) is 4.32. The zero-order valence-corrected chi connectivity index (χ0v) is 10.5. The maximum atomic E-state index is 10.2. The van der Waals surface area contributed by atoms with E-state index in [4.69, 9.17) is 4.74 Å². The number of methoxy groups -OCH3 is 1. The average Bonchev–Trinajstić information content (AvgIpc) is 2.31. The molecule has 0 heterocycles. The molecule has 0 aliphatic carbocycles. The summed E-state index contributed by atoms with van der Waals surface area (Å²) in [6.45, 7) is 3.39. The van der Waals surface area contributed by atoms with Crippen LogP contribution in [0.1, 0.15) is 25.8 Å². The molecule has 4 nitrogen and oxygen atoms in total. The molecule has 0 bridgehead atoms. The predicted octanol–water partition coefficient (Wildman–Crippen LogP) is 1.47. The first-order chi connectivity index (χ1) is 7.92. The van der Waals surface area contributed by atoms with Crippen LogP contribution in [0.4, 0.5) is 0 Å². The molecule has 0 saturated carbocycles. The van der Waals surface area contributed by atoms with E-state index in [1.807, 2.05) is 6.92 Å². The standard InChI is InChI=1S/C13H20O4/c1-4-13(16,9(2)14)8-10-5-6-11(15)12(7-10)17-3/h5-7,9,14-16H,4,8H2,1-3H3. The lowest BCUT2D eigenvalue weighted by Gasteiger charge is -2.30. The van der Waals surface area contributed by atoms with Gasteiger partial charge < -0.3 is 20.1 Å². The third-order valence-corrected chi connectivity index (χ3v) is 3.14. The molecule has 1 aromatic carbocycles. The van der Waals surface area contributed by atoms with Crippen LogP contribution in [0.15, 0.2) is 18.2 Å². The van der Waals surface area contributed by atoms with Crippen molar-refractivity contribution in [3.8, 4) is 11.5 Å². The van der Waals surface area contributed by atoms with E-state index >= 15 is 0 Å². The fourth-order valence-corrected chi connectivity index (χ4v) is 1.75. The Hall–Kier alpha value is -1.26.